The van der Waals surface area contributed by atoms with Gasteiger partial charge in [-0.1, -0.05) is 23.7 Å². The van der Waals surface area contributed by atoms with Crippen LogP contribution in [0.15, 0.2) is 77.5 Å². The molecule has 0 atom stereocenters. The second-order valence-electron chi connectivity index (χ2n) is 7.58. The standard InChI is InChI=1S/C26H16ClF2N3O3.ClH/c27-21-9-17(4-6-25(21)34-13-15-2-1-3-16(28)8-15)32-26-20-10-19(24-7-5-18(12-33)35-24)22(29)11-23(20)30-14-31-26;/h1-12,14H,13H2,(H,30,31,32);1H. The summed E-state index contributed by atoms with van der Waals surface area (Å²) >= 11 is 6.39. The molecule has 182 valence electrons. The van der Waals surface area contributed by atoms with Crippen molar-refractivity contribution in [3.05, 3.63) is 101 Å². The fourth-order valence-corrected chi connectivity index (χ4v) is 3.78. The van der Waals surface area contributed by atoms with E-state index >= 15 is 0 Å². The maximum absolute atomic E-state index is 14.7. The molecule has 5 aromatic rings. The van der Waals surface area contributed by atoms with Crippen LogP contribution in [0.25, 0.3) is 22.2 Å². The summed E-state index contributed by atoms with van der Waals surface area (Å²) in [6.45, 7) is 0.160. The summed E-state index contributed by atoms with van der Waals surface area (Å²) in [6.07, 6.45) is 1.87. The van der Waals surface area contributed by atoms with E-state index in [1.807, 2.05) is 0 Å². The van der Waals surface area contributed by atoms with Crippen molar-refractivity contribution in [2.45, 2.75) is 6.61 Å². The highest BCUT2D eigenvalue weighted by Crippen LogP contribution is 2.34. The van der Waals surface area contributed by atoms with Crippen LogP contribution < -0.4 is 10.1 Å². The second-order valence-corrected chi connectivity index (χ2v) is 7.99. The molecule has 6 nitrogen and oxygen atoms in total. The Bertz CT molecular complexity index is 1560. The first kappa shape index (κ1) is 25.1. The Hall–Kier alpha value is -4.01. The molecule has 0 radical (unpaired) electrons. The van der Waals surface area contributed by atoms with Crippen LogP contribution in [0, 0.1) is 11.6 Å². The molecule has 0 aliphatic carbocycles. The van der Waals surface area contributed by atoms with Gasteiger partial charge in [0.25, 0.3) is 0 Å². The third-order valence-corrected chi connectivity index (χ3v) is 5.51. The van der Waals surface area contributed by atoms with E-state index in [1.54, 1.807) is 36.4 Å². The van der Waals surface area contributed by atoms with Crippen LogP contribution >= 0.6 is 24.0 Å². The topological polar surface area (TPSA) is 77.2 Å². The van der Waals surface area contributed by atoms with Crippen molar-refractivity contribution in [3.63, 3.8) is 0 Å². The summed E-state index contributed by atoms with van der Waals surface area (Å²) in [7, 11) is 0. The number of furan rings is 1. The van der Waals surface area contributed by atoms with E-state index in [9.17, 15) is 13.6 Å². The molecular formula is C26H17Cl2F2N3O3. The predicted molar refractivity (Wildman–Crippen MR) is 135 cm³/mol. The molecule has 0 saturated carbocycles. The Labute approximate surface area is 215 Å². The maximum atomic E-state index is 14.7. The lowest BCUT2D eigenvalue weighted by Gasteiger charge is -2.12. The van der Waals surface area contributed by atoms with E-state index in [1.165, 1.54) is 36.7 Å². The fraction of sp³-hybridized carbons (Fsp3) is 0.0385. The molecule has 0 saturated heterocycles. The summed E-state index contributed by atoms with van der Waals surface area (Å²) < 4.78 is 39.2. The number of aromatic nitrogens is 2. The quantitative estimate of drug-likeness (QED) is 0.222. The summed E-state index contributed by atoms with van der Waals surface area (Å²) in [5, 5.41) is 4.04. The van der Waals surface area contributed by atoms with Crippen LogP contribution in [0.3, 0.4) is 0 Å². The van der Waals surface area contributed by atoms with Gasteiger partial charge in [0, 0.05) is 17.1 Å². The smallest absolute Gasteiger partial charge is 0.185 e. The molecule has 0 aliphatic rings. The van der Waals surface area contributed by atoms with E-state index in [-0.39, 0.29) is 41.9 Å². The number of carbonyl (C=O) groups excluding carboxylic acids is 1. The Kier molecular flexibility index (Phi) is 7.47. The zero-order chi connectivity index (χ0) is 24.4. The fourth-order valence-electron chi connectivity index (χ4n) is 3.55. The molecule has 0 fully saturated rings. The van der Waals surface area contributed by atoms with Gasteiger partial charge in [0.1, 0.15) is 41.9 Å². The Balaban J connectivity index is 0.00000304. The molecule has 0 amide bonds. The van der Waals surface area contributed by atoms with Gasteiger partial charge in [-0.2, -0.15) is 0 Å². The molecular weight excluding hydrogens is 511 g/mol. The lowest BCUT2D eigenvalue weighted by Crippen LogP contribution is -1.99. The number of halogens is 4. The first-order valence-electron chi connectivity index (χ1n) is 10.4. The highest BCUT2D eigenvalue weighted by molar-refractivity contribution is 6.32. The van der Waals surface area contributed by atoms with E-state index in [2.05, 4.69) is 15.3 Å². The molecule has 0 spiro atoms. The van der Waals surface area contributed by atoms with Crippen LogP contribution in [-0.2, 0) is 6.61 Å². The van der Waals surface area contributed by atoms with Gasteiger partial charge in [0.05, 0.1) is 16.1 Å². The third-order valence-electron chi connectivity index (χ3n) is 5.21. The van der Waals surface area contributed by atoms with E-state index in [0.29, 0.717) is 45.0 Å². The Morgan fingerprint density at radius 3 is 2.64 bits per heavy atom. The van der Waals surface area contributed by atoms with Gasteiger partial charge in [-0.25, -0.2) is 18.7 Å². The highest BCUT2D eigenvalue weighted by atomic mass is 35.5. The molecule has 10 heteroatoms. The predicted octanol–water partition coefficient (Wildman–Crippen LogP) is 7.38. The molecule has 0 aliphatic heterocycles. The molecule has 0 unspecified atom stereocenters. The first-order valence-corrected chi connectivity index (χ1v) is 10.8. The second kappa shape index (κ2) is 10.7. The number of aldehydes is 1. The molecule has 3 aromatic carbocycles. The van der Waals surface area contributed by atoms with Crippen molar-refractivity contribution in [2.24, 2.45) is 0 Å². The van der Waals surface area contributed by atoms with Gasteiger partial charge in [0.2, 0.25) is 0 Å². The highest BCUT2D eigenvalue weighted by Gasteiger charge is 2.15. The molecule has 2 heterocycles. The number of benzene rings is 3. The van der Waals surface area contributed by atoms with Crippen LogP contribution in [-0.4, -0.2) is 16.3 Å². The minimum Gasteiger partial charge on any atom is -0.487 e. The largest absolute Gasteiger partial charge is 0.487 e. The van der Waals surface area contributed by atoms with Gasteiger partial charge in [-0.3, -0.25) is 4.79 Å². The normalized spacial score (nSPS) is 10.6. The van der Waals surface area contributed by atoms with Crippen LogP contribution in [0.2, 0.25) is 5.02 Å². The summed E-state index contributed by atoms with van der Waals surface area (Å²) in [5.74, 6) is 0.274. The summed E-state index contributed by atoms with van der Waals surface area (Å²) in [4.78, 5) is 19.4. The van der Waals surface area contributed by atoms with Gasteiger partial charge < -0.3 is 14.5 Å². The molecule has 0 bridgehead atoms. The molecule has 36 heavy (non-hydrogen) atoms. The number of hydrogen-bond acceptors (Lipinski definition) is 6. The van der Waals surface area contributed by atoms with Crippen LogP contribution in [0.4, 0.5) is 20.3 Å². The first-order chi connectivity index (χ1) is 17.0. The number of rotatable bonds is 7. The van der Waals surface area contributed by atoms with Crippen molar-refractivity contribution < 1.29 is 22.7 Å². The minimum absolute atomic E-state index is 0. The average molecular weight is 528 g/mol. The number of fused-ring (bicyclic) bond motifs is 1. The lowest BCUT2D eigenvalue weighted by atomic mass is 10.1. The maximum Gasteiger partial charge on any atom is 0.185 e. The lowest BCUT2D eigenvalue weighted by molar-refractivity contribution is 0.110. The van der Waals surface area contributed by atoms with Crippen molar-refractivity contribution in [2.75, 3.05) is 5.32 Å². The zero-order valence-electron chi connectivity index (χ0n) is 18.4. The number of anilines is 2. The molecule has 2 aromatic heterocycles. The van der Waals surface area contributed by atoms with Gasteiger partial charge in [0.15, 0.2) is 12.0 Å². The molecule has 1 N–H and O–H groups in total. The number of ether oxygens (including phenoxy) is 1. The van der Waals surface area contributed by atoms with Gasteiger partial charge in [-0.15, -0.1) is 12.4 Å². The van der Waals surface area contributed by atoms with Crippen LogP contribution in [0.1, 0.15) is 16.1 Å². The molecule has 5 rings (SSSR count). The SMILES string of the molecule is Cl.O=Cc1ccc(-c2cc3c(Nc4ccc(OCc5cccc(F)c5)c(Cl)c4)ncnc3cc2F)o1. The average Bonchev–Trinajstić information content (AvgIpc) is 3.32. The summed E-state index contributed by atoms with van der Waals surface area (Å²) in [5.41, 5.74) is 1.84. The Morgan fingerprint density at radius 2 is 1.89 bits per heavy atom. The van der Waals surface area contributed by atoms with Crippen molar-refractivity contribution >= 4 is 52.7 Å². The van der Waals surface area contributed by atoms with E-state index in [4.69, 9.17) is 20.8 Å². The van der Waals surface area contributed by atoms with E-state index in [0.717, 1.165) is 0 Å². The van der Waals surface area contributed by atoms with Crippen LogP contribution in [0.5, 0.6) is 5.75 Å². The van der Waals surface area contributed by atoms with Gasteiger partial charge in [-0.05, 0) is 54.1 Å². The minimum atomic E-state index is -0.545. The van der Waals surface area contributed by atoms with Crippen molar-refractivity contribution in [3.8, 4) is 17.1 Å². The third kappa shape index (κ3) is 5.30. The van der Waals surface area contributed by atoms with Crippen molar-refractivity contribution in [1.82, 2.24) is 9.97 Å². The monoisotopic (exact) mass is 527 g/mol. The zero-order valence-corrected chi connectivity index (χ0v) is 19.9. The number of carbonyl (C=O) groups is 1. The summed E-state index contributed by atoms with van der Waals surface area (Å²) in [6, 6.07) is 17.0. The van der Waals surface area contributed by atoms with Crippen molar-refractivity contribution in [1.29, 1.82) is 0 Å². The van der Waals surface area contributed by atoms with Gasteiger partial charge >= 0.3 is 0 Å². The number of hydrogen-bond donors (Lipinski definition) is 1. The number of nitrogens with one attached hydrogen (secondary N) is 1. The Morgan fingerprint density at radius 1 is 1.03 bits per heavy atom. The number of nitrogens with zero attached hydrogens (tertiary/aromatic N) is 2. The van der Waals surface area contributed by atoms with E-state index < -0.39 is 5.82 Å².